The van der Waals surface area contributed by atoms with E-state index in [1.54, 1.807) is 31.2 Å². The Morgan fingerprint density at radius 1 is 1.16 bits per heavy atom. The number of imidazole rings is 1. The number of amides is 1. The Balaban J connectivity index is 1.76. The van der Waals surface area contributed by atoms with Gasteiger partial charge in [0.2, 0.25) is 6.35 Å². The fourth-order valence-electron chi connectivity index (χ4n) is 3.82. The lowest BCUT2D eigenvalue weighted by Crippen LogP contribution is -2.55. The van der Waals surface area contributed by atoms with Crippen LogP contribution >= 0.6 is 11.6 Å². The van der Waals surface area contributed by atoms with Crippen molar-refractivity contribution < 1.29 is 37.7 Å². The van der Waals surface area contributed by atoms with Crippen molar-refractivity contribution in [3.05, 3.63) is 64.8 Å². The molecule has 2 N–H and O–H groups in total. The van der Waals surface area contributed by atoms with E-state index in [4.69, 9.17) is 16.3 Å². The van der Waals surface area contributed by atoms with Crippen LogP contribution in [0.1, 0.15) is 29.4 Å². The van der Waals surface area contributed by atoms with Gasteiger partial charge in [-0.25, -0.2) is 0 Å². The highest BCUT2D eigenvalue weighted by atomic mass is 35.5. The highest BCUT2D eigenvalue weighted by molar-refractivity contribution is 6.30. The molecule has 1 aromatic heterocycles. The lowest BCUT2D eigenvalue weighted by atomic mass is 10.2. The van der Waals surface area contributed by atoms with Crippen molar-refractivity contribution in [2.24, 2.45) is 0 Å². The summed E-state index contributed by atoms with van der Waals surface area (Å²) in [6.07, 6.45) is -6.71. The third kappa shape index (κ3) is 6.09. The summed E-state index contributed by atoms with van der Waals surface area (Å²) in [6, 6.07) is 11.6. The molecule has 1 aliphatic rings. The van der Waals surface area contributed by atoms with Gasteiger partial charge in [-0.05, 0) is 43.2 Å². The Kier molecular flexibility index (Phi) is 7.53. The number of benzene rings is 2. The molecule has 2 aromatic carbocycles. The second-order valence-electron chi connectivity index (χ2n) is 8.50. The number of aliphatic hydroxyl groups excluding tert-OH is 2. The number of aromatic nitrogens is 2. The predicted molar refractivity (Wildman–Crippen MR) is 128 cm³/mol. The molecule has 0 fully saturated rings. The van der Waals surface area contributed by atoms with E-state index in [2.05, 4.69) is 9.72 Å². The number of nitrogens with zero attached hydrogens (tertiary/aromatic N) is 4. The van der Waals surface area contributed by atoms with Crippen LogP contribution in [0.4, 0.5) is 19.0 Å². The molecule has 198 valence electrons. The molecule has 0 radical (unpaired) electrons. The van der Waals surface area contributed by atoms with Crippen molar-refractivity contribution >= 4 is 23.3 Å². The zero-order valence-electron chi connectivity index (χ0n) is 19.8. The number of ether oxygens (including phenoxy) is 2. The molecular formula is C24H24ClF3N4O5. The number of aliphatic hydroxyl groups is 2. The summed E-state index contributed by atoms with van der Waals surface area (Å²) >= 11 is 5.99. The van der Waals surface area contributed by atoms with Crippen LogP contribution in [0.2, 0.25) is 5.02 Å². The van der Waals surface area contributed by atoms with Crippen LogP contribution in [0, 0.1) is 0 Å². The van der Waals surface area contributed by atoms with Crippen LogP contribution in [-0.2, 0) is 6.54 Å². The largest absolute Gasteiger partial charge is 0.573 e. The third-order valence-corrected chi connectivity index (χ3v) is 5.88. The van der Waals surface area contributed by atoms with Gasteiger partial charge in [0.25, 0.3) is 5.91 Å². The molecule has 4 rings (SSSR count). The predicted octanol–water partition coefficient (Wildman–Crippen LogP) is 4.21. The minimum Gasteiger partial charge on any atom is -0.425 e. The molecule has 0 saturated carbocycles. The maximum Gasteiger partial charge on any atom is 0.573 e. The number of carbonyl (C=O) groups excluding carboxylic acids is 1. The Hall–Kier alpha value is -3.48. The standard InChI is InChI=1S/C24H24ClF3N4O5/c1-14(33)10-11-31-21(34)19-20(30(2)23(31)35)29-22(32(19)13-15-6-8-16(25)9-7-15)36-17-4-3-5-18(12-17)37-24(26,27)28/h3-9,12,14,23,33,35H,10-11,13H2,1-2H3. The van der Waals surface area contributed by atoms with Gasteiger partial charge in [0.1, 0.15) is 11.5 Å². The maximum atomic E-state index is 13.5. The highest BCUT2D eigenvalue weighted by Gasteiger charge is 2.40. The van der Waals surface area contributed by atoms with Gasteiger partial charge in [-0.2, -0.15) is 4.98 Å². The zero-order valence-corrected chi connectivity index (χ0v) is 20.6. The normalized spacial score (nSPS) is 16.5. The number of hydrogen-bond donors (Lipinski definition) is 2. The number of carbonyl (C=O) groups is 1. The molecule has 0 saturated heterocycles. The minimum absolute atomic E-state index is 0.0111. The first-order chi connectivity index (χ1) is 17.4. The van der Waals surface area contributed by atoms with E-state index < -0.39 is 30.5 Å². The quantitative estimate of drug-likeness (QED) is 0.441. The van der Waals surface area contributed by atoms with Crippen molar-refractivity contribution in [2.45, 2.75) is 38.7 Å². The van der Waals surface area contributed by atoms with Crippen molar-refractivity contribution in [3.8, 4) is 17.5 Å². The van der Waals surface area contributed by atoms with Gasteiger partial charge in [-0.15, -0.1) is 13.2 Å². The van der Waals surface area contributed by atoms with Crippen LogP contribution in [0.3, 0.4) is 0 Å². The fourth-order valence-corrected chi connectivity index (χ4v) is 3.94. The van der Waals surface area contributed by atoms with E-state index >= 15 is 0 Å². The van der Waals surface area contributed by atoms with Crippen molar-refractivity contribution in [2.75, 3.05) is 18.5 Å². The fraction of sp³-hybridized carbons (Fsp3) is 0.333. The molecule has 1 amide bonds. The van der Waals surface area contributed by atoms with Gasteiger partial charge in [0, 0.05) is 24.7 Å². The molecule has 9 nitrogen and oxygen atoms in total. The Labute approximate surface area is 215 Å². The monoisotopic (exact) mass is 540 g/mol. The smallest absolute Gasteiger partial charge is 0.425 e. The Bertz CT molecular complexity index is 1270. The number of anilines is 1. The maximum absolute atomic E-state index is 13.5. The van der Waals surface area contributed by atoms with Crippen LogP contribution in [0.15, 0.2) is 48.5 Å². The molecule has 0 bridgehead atoms. The first-order valence-corrected chi connectivity index (χ1v) is 11.6. The summed E-state index contributed by atoms with van der Waals surface area (Å²) in [5.41, 5.74) is 0.840. The van der Waals surface area contributed by atoms with E-state index in [1.807, 2.05) is 0 Å². The number of halogens is 4. The van der Waals surface area contributed by atoms with Gasteiger partial charge in [-0.3, -0.25) is 14.3 Å². The van der Waals surface area contributed by atoms with E-state index in [9.17, 15) is 28.2 Å². The van der Waals surface area contributed by atoms with Crippen LogP contribution in [0.5, 0.6) is 17.5 Å². The molecule has 13 heteroatoms. The van der Waals surface area contributed by atoms with Crippen LogP contribution in [0.25, 0.3) is 0 Å². The summed E-state index contributed by atoms with van der Waals surface area (Å²) in [6.45, 7) is 1.75. The molecule has 0 spiro atoms. The van der Waals surface area contributed by atoms with E-state index in [0.29, 0.717) is 5.02 Å². The van der Waals surface area contributed by atoms with Gasteiger partial charge >= 0.3 is 12.4 Å². The topological polar surface area (TPSA) is 100 Å². The highest BCUT2D eigenvalue weighted by Crippen LogP contribution is 2.36. The molecule has 1 aliphatic heterocycles. The summed E-state index contributed by atoms with van der Waals surface area (Å²) < 4.78 is 49.3. The number of alkyl halides is 3. The SMILES string of the molecule is CC(O)CCN1C(=O)c2c(nc(Oc3cccc(OC(F)(F)F)c3)n2Cc2ccc(Cl)cc2)N(C)C1O. The summed E-state index contributed by atoms with van der Waals surface area (Å²) in [4.78, 5) is 20.5. The molecule has 2 atom stereocenters. The second kappa shape index (κ2) is 10.5. The third-order valence-electron chi connectivity index (χ3n) is 5.63. The molecule has 2 unspecified atom stereocenters. The molecule has 3 aromatic rings. The van der Waals surface area contributed by atoms with Gasteiger partial charge < -0.3 is 24.6 Å². The number of fused-ring (bicyclic) bond motifs is 1. The van der Waals surface area contributed by atoms with Gasteiger partial charge in [0.05, 0.1) is 12.6 Å². The van der Waals surface area contributed by atoms with E-state index in [1.165, 1.54) is 33.5 Å². The average molecular weight is 541 g/mol. The van der Waals surface area contributed by atoms with E-state index in [0.717, 1.165) is 17.7 Å². The molecule has 37 heavy (non-hydrogen) atoms. The van der Waals surface area contributed by atoms with Gasteiger partial charge in [-0.1, -0.05) is 29.8 Å². The summed E-state index contributed by atoms with van der Waals surface area (Å²) in [5.74, 6) is -0.925. The van der Waals surface area contributed by atoms with Crippen molar-refractivity contribution in [1.29, 1.82) is 0 Å². The van der Waals surface area contributed by atoms with Crippen LogP contribution < -0.4 is 14.4 Å². The summed E-state index contributed by atoms with van der Waals surface area (Å²) in [7, 11) is 1.53. The Morgan fingerprint density at radius 3 is 2.49 bits per heavy atom. The molecule has 0 aliphatic carbocycles. The first-order valence-electron chi connectivity index (χ1n) is 11.2. The van der Waals surface area contributed by atoms with Gasteiger partial charge in [0.15, 0.2) is 11.5 Å². The molecular weight excluding hydrogens is 517 g/mol. The lowest BCUT2D eigenvalue weighted by Gasteiger charge is -2.38. The first kappa shape index (κ1) is 26.6. The number of rotatable bonds is 8. The average Bonchev–Trinajstić information content (AvgIpc) is 3.16. The van der Waals surface area contributed by atoms with Crippen molar-refractivity contribution in [3.63, 3.8) is 0 Å². The van der Waals surface area contributed by atoms with Crippen molar-refractivity contribution in [1.82, 2.24) is 14.5 Å². The lowest BCUT2D eigenvalue weighted by molar-refractivity contribution is -0.274. The minimum atomic E-state index is -4.88. The molecule has 2 heterocycles. The Morgan fingerprint density at radius 2 is 1.84 bits per heavy atom. The van der Waals surface area contributed by atoms with E-state index in [-0.39, 0.29) is 42.8 Å². The zero-order chi connectivity index (χ0) is 26.9. The van der Waals surface area contributed by atoms with Crippen LogP contribution in [-0.4, -0.2) is 63.0 Å². The number of hydrogen-bond acceptors (Lipinski definition) is 7. The summed E-state index contributed by atoms with van der Waals surface area (Å²) in [5, 5.41) is 20.9. The second-order valence-corrected chi connectivity index (χ2v) is 8.93.